The number of nitrogens with zero attached hydrogens (tertiary/aromatic N) is 1. The molecule has 0 unspecified atom stereocenters. The van der Waals surface area contributed by atoms with Crippen molar-refractivity contribution in [2.24, 2.45) is 0 Å². The molecule has 0 saturated heterocycles. The van der Waals surface area contributed by atoms with Gasteiger partial charge in [0, 0.05) is 13.2 Å². The number of aromatic nitrogens is 1. The molecular formula is C9H11BrN2O. The van der Waals surface area contributed by atoms with E-state index in [0.29, 0.717) is 6.10 Å². The predicted molar refractivity (Wildman–Crippen MR) is 55.1 cm³/mol. The third-order valence-electron chi connectivity index (χ3n) is 1.94. The van der Waals surface area contributed by atoms with Crippen molar-refractivity contribution in [2.75, 3.05) is 12.4 Å². The summed E-state index contributed by atoms with van der Waals surface area (Å²) in [5, 5.41) is 3.07. The first-order valence-corrected chi connectivity index (χ1v) is 5.09. The summed E-state index contributed by atoms with van der Waals surface area (Å²) in [6.07, 6.45) is 4.46. The Balaban J connectivity index is 2.27. The monoisotopic (exact) mass is 242 g/mol. The largest absolute Gasteiger partial charge is 0.485 e. The maximum absolute atomic E-state index is 5.71. The van der Waals surface area contributed by atoms with Crippen molar-refractivity contribution >= 4 is 21.6 Å². The molecule has 3 nitrogen and oxygen atoms in total. The molecule has 0 bridgehead atoms. The zero-order valence-corrected chi connectivity index (χ0v) is 8.97. The fourth-order valence-corrected chi connectivity index (χ4v) is 1.51. The van der Waals surface area contributed by atoms with Crippen LogP contribution in [0.25, 0.3) is 0 Å². The average Bonchev–Trinajstić information content (AvgIpc) is 2.92. The first-order valence-electron chi connectivity index (χ1n) is 4.30. The number of hydrogen-bond donors (Lipinski definition) is 1. The van der Waals surface area contributed by atoms with Crippen molar-refractivity contribution in [3.8, 4) is 5.75 Å². The van der Waals surface area contributed by atoms with Crippen LogP contribution in [-0.2, 0) is 0 Å². The molecule has 1 N–H and O–H groups in total. The van der Waals surface area contributed by atoms with Gasteiger partial charge >= 0.3 is 0 Å². The highest BCUT2D eigenvalue weighted by Gasteiger charge is 2.25. The number of ether oxygens (including phenoxy) is 1. The molecule has 1 saturated carbocycles. The van der Waals surface area contributed by atoms with Crippen molar-refractivity contribution in [1.82, 2.24) is 4.98 Å². The van der Waals surface area contributed by atoms with Crippen molar-refractivity contribution in [3.05, 3.63) is 16.9 Å². The van der Waals surface area contributed by atoms with E-state index >= 15 is 0 Å². The molecular weight excluding hydrogens is 232 g/mol. The Hall–Kier alpha value is -0.770. The molecule has 0 aromatic carbocycles. The van der Waals surface area contributed by atoms with Gasteiger partial charge in [0.2, 0.25) is 0 Å². The molecule has 70 valence electrons. The van der Waals surface area contributed by atoms with Crippen molar-refractivity contribution in [3.63, 3.8) is 0 Å². The summed E-state index contributed by atoms with van der Waals surface area (Å²) in [5.41, 5.74) is 0.980. The van der Waals surface area contributed by atoms with Crippen LogP contribution in [0.1, 0.15) is 12.8 Å². The van der Waals surface area contributed by atoms with E-state index in [1.165, 1.54) is 0 Å². The molecule has 0 amide bonds. The zero-order valence-electron chi connectivity index (χ0n) is 7.38. The maximum Gasteiger partial charge on any atom is 0.175 e. The standard InChI is InChI=1S/C9H11BrN2O/c1-11-7-4-5-12-9(10)8(7)13-6-2-3-6/h4-6H,2-3H2,1H3,(H,11,12). The van der Waals surface area contributed by atoms with E-state index in [1.54, 1.807) is 6.20 Å². The van der Waals surface area contributed by atoms with E-state index in [0.717, 1.165) is 28.9 Å². The number of rotatable bonds is 3. The van der Waals surface area contributed by atoms with Crippen LogP contribution in [-0.4, -0.2) is 18.1 Å². The van der Waals surface area contributed by atoms with Gasteiger partial charge in [-0.1, -0.05) is 0 Å². The molecule has 0 spiro atoms. The Labute approximate surface area is 85.6 Å². The lowest BCUT2D eigenvalue weighted by molar-refractivity contribution is 0.301. The quantitative estimate of drug-likeness (QED) is 0.828. The van der Waals surface area contributed by atoms with E-state index in [4.69, 9.17) is 4.74 Å². The van der Waals surface area contributed by atoms with Crippen LogP contribution in [0.4, 0.5) is 5.69 Å². The molecule has 2 rings (SSSR count). The van der Waals surface area contributed by atoms with Gasteiger partial charge in [-0.2, -0.15) is 0 Å². The lowest BCUT2D eigenvalue weighted by atomic mass is 10.4. The maximum atomic E-state index is 5.71. The summed E-state index contributed by atoms with van der Waals surface area (Å²) < 4.78 is 6.48. The third kappa shape index (κ3) is 1.94. The first kappa shape index (κ1) is 8.81. The minimum Gasteiger partial charge on any atom is -0.485 e. The Kier molecular flexibility index (Phi) is 2.40. The van der Waals surface area contributed by atoms with Gasteiger partial charge in [-0.3, -0.25) is 0 Å². The highest BCUT2D eigenvalue weighted by Crippen LogP contribution is 2.36. The lowest BCUT2D eigenvalue weighted by Gasteiger charge is -2.10. The second kappa shape index (κ2) is 3.54. The first-order chi connectivity index (χ1) is 6.31. The second-order valence-electron chi connectivity index (χ2n) is 3.05. The molecule has 1 aromatic heterocycles. The smallest absolute Gasteiger partial charge is 0.175 e. The number of halogens is 1. The number of anilines is 1. The van der Waals surface area contributed by atoms with Crippen LogP contribution < -0.4 is 10.1 Å². The van der Waals surface area contributed by atoms with Crippen molar-refractivity contribution in [2.45, 2.75) is 18.9 Å². The molecule has 0 atom stereocenters. The van der Waals surface area contributed by atoms with Gasteiger partial charge < -0.3 is 10.1 Å². The summed E-state index contributed by atoms with van der Waals surface area (Å²) in [6.45, 7) is 0. The van der Waals surface area contributed by atoms with E-state index in [1.807, 2.05) is 13.1 Å². The van der Waals surface area contributed by atoms with Gasteiger partial charge in [-0.15, -0.1) is 0 Å². The lowest BCUT2D eigenvalue weighted by Crippen LogP contribution is -2.01. The fraction of sp³-hybridized carbons (Fsp3) is 0.444. The summed E-state index contributed by atoms with van der Waals surface area (Å²) in [7, 11) is 1.88. The van der Waals surface area contributed by atoms with Crippen LogP contribution in [0, 0.1) is 0 Å². The molecule has 13 heavy (non-hydrogen) atoms. The topological polar surface area (TPSA) is 34.2 Å². The van der Waals surface area contributed by atoms with Gasteiger partial charge in [0.05, 0.1) is 11.8 Å². The van der Waals surface area contributed by atoms with Crippen molar-refractivity contribution < 1.29 is 4.74 Å². The van der Waals surface area contributed by atoms with E-state index in [-0.39, 0.29) is 0 Å². The molecule has 1 aliphatic carbocycles. The van der Waals surface area contributed by atoms with Gasteiger partial charge in [0.25, 0.3) is 0 Å². The number of hydrogen-bond acceptors (Lipinski definition) is 3. The van der Waals surface area contributed by atoms with Crippen LogP contribution in [0.15, 0.2) is 16.9 Å². The third-order valence-corrected chi connectivity index (χ3v) is 2.50. The zero-order chi connectivity index (χ0) is 9.26. The molecule has 1 fully saturated rings. The summed E-state index contributed by atoms with van der Waals surface area (Å²) >= 11 is 3.37. The molecule has 1 aromatic rings. The fourth-order valence-electron chi connectivity index (χ4n) is 1.08. The highest BCUT2D eigenvalue weighted by atomic mass is 79.9. The SMILES string of the molecule is CNc1ccnc(Br)c1OC1CC1. The van der Waals surface area contributed by atoms with Gasteiger partial charge in [0.15, 0.2) is 5.75 Å². The molecule has 0 aliphatic heterocycles. The van der Waals surface area contributed by atoms with Gasteiger partial charge in [-0.25, -0.2) is 4.98 Å². The highest BCUT2D eigenvalue weighted by molar-refractivity contribution is 9.10. The molecule has 4 heteroatoms. The van der Waals surface area contributed by atoms with Gasteiger partial charge in [-0.05, 0) is 34.8 Å². The normalized spacial score (nSPS) is 15.5. The van der Waals surface area contributed by atoms with Crippen LogP contribution in [0.5, 0.6) is 5.75 Å². The number of pyridine rings is 1. The minimum atomic E-state index is 0.396. The molecule has 1 heterocycles. The van der Waals surface area contributed by atoms with E-state index < -0.39 is 0 Å². The van der Waals surface area contributed by atoms with Crippen molar-refractivity contribution in [1.29, 1.82) is 0 Å². The summed E-state index contributed by atoms with van der Waals surface area (Å²) in [6, 6.07) is 1.91. The summed E-state index contributed by atoms with van der Waals surface area (Å²) in [4.78, 5) is 4.12. The Morgan fingerprint density at radius 2 is 2.38 bits per heavy atom. The molecule has 1 aliphatic rings. The Morgan fingerprint density at radius 3 is 3.00 bits per heavy atom. The summed E-state index contributed by atoms with van der Waals surface area (Å²) in [5.74, 6) is 0.826. The van der Waals surface area contributed by atoms with Crippen LogP contribution in [0.2, 0.25) is 0 Å². The minimum absolute atomic E-state index is 0.396. The Bertz CT molecular complexity index is 312. The predicted octanol–water partition coefficient (Wildman–Crippen LogP) is 2.43. The Morgan fingerprint density at radius 1 is 1.62 bits per heavy atom. The van der Waals surface area contributed by atoms with Crippen LogP contribution in [0.3, 0.4) is 0 Å². The second-order valence-corrected chi connectivity index (χ2v) is 3.80. The van der Waals surface area contributed by atoms with E-state index in [2.05, 4.69) is 26.2 Å². The van der Waals surface area contributed by atoms with Crippen LogP contribution >= 0.6 is 15.9 Å². The van der Waals surface area contributed by atoms with E-state index in [9.17, 15) is 0 Å². The van der Waals surface area contributed by atoms with Gasteiger partial charge in [0.1, 0.15) is 4.60 Å². The average molecular weight is 243 g/mol. The molecule has 0 radical (unpaired) electrons. The number of nitrogens with one attached hydrogen (secondary N) is 1.